The molecule has 0 aliphatic carbocycles. The number of hydrogen-bond donors (Lipinski definition) is 2. The van der Waals surface area contributed by atoms with Crippen molar-refractivity contribution in [2.75, 3.05) is 18.4 Å². The molecule has 0 spiro atoms. The Hall–Kier alpha value is -3.09. The number of rotatable bonds is 5. The van der Waals surface area contributed by atoms with Gasteiger partial charge in [-0.05, 0) is 54.8 Å². The zero-order valence-corrected chi connectivity index (χ0v) is 14.3. The van der Waals surface area contributed by atoms with Crippen molar-refractivity contribution < 1.29 is 19.4 Å². The van der Waals surface area contributed by atoms with Crippen molar-refractivity contribution >= 4 is 17.7 Å². The van der Waals surface area contributed by atoms with E-state index in [2.05, 4.69) is 10.3 Å². The third kappa shape index (κ3) is 4.72. The summed E-state index contributed by atoms with van der Waals surface area (Å²) >= 11 is 0. The van der Waals surface area contributed by atoms with Crippen LogP contribution in [0.5, 0.6) is 5.75 Å². The highest BCUT2D eigenvalue weighted by atomic mass is 16.5. The SMILES string of the molecule is O=C(O)C1CCCN(C(=O)Nc2ccc(OCc3ccncc3)cc2)C1. The number of aliphatic carboxylic acids is 1. The number of pyridine rings is 1. The maximum absolute atomic E-state index is 12.3. The lowest BCUT2D eigenvalue weighted by atomic mass is 9.99. The predicted octanol–water partition coefficient (Wildman–Crippen LogP) is 2.99. The fraction of sp³-hybridized carbons (Fsp3) is 0.316. The molecule has 3 rings (SSSR count). The second-order valence-corrected chi connectivity index (χ2v) is 6.22. The quantitative estimate of drug-likeness (QED) is 0.860. The highest BCUT2D eigenvalue weighted by molar-refractivity contribution is 5.89. The minimum absolute atomic E-state index is 0.244. The fourth-order valence-corrected chi connectivity index (χ4v) is 2.85. The van der Waals surface area contributed by atoms with Gasteiger partial charge in [0.25, 0.3) is 0 Å². The number of carbonyl (C=O) groups excluding carboxylic acids is 1. The van der Waals surface area contributed by atoms with E-state index in [1.807, 2.05) is 12.1 Å². The van der Waals surface area contributed by atoms with E-state index >= 15 is 0 Å². The highest BCUT2D eigenvalue weighted by Crippen LogP contribution is 2.20. The van der Waals surface area contributed by atoms with Crippen molar-refractivity contribution in [3.05, 3.63) is 54.4 Å². The van der Waals surface area contributed by atoms with Crippen LogP contribution >= 0.6 is 0 Å². The lowest BCUT2D eigenvalue weighted by Crippen LogP contribution is -2.44. The van der Waals surface area contributed by atoms with Gasteiger partial charge in [-0.2, -0.15) is 0 Å². The molecule has 1 fully saturated rings. The normalized spacial score (nSPS) is 16.8. The summed E-state index contributed by atoms with van der Waals surface area (Å²) in [5.41, 5.74) is 1.67. The highest BCUT2D eigenvalue weighted by Gasteiger charge is 2.28. The summed E-state index contributed by atoms with van der Waals surface area (Å²) < 4.78 is 5.69. The number of hydrogen-bond acceptors (Lipinski definition) is 4. The van der Waals surface area contributed by atoms with E-state index in [0.29, 0.717) is 37.4 Å². The summed E-state index contributed by atoms with van der Waals surface area (Å²) in [5.74, 6) is -0.639. The molecule has 0 radical (unpaired) electrons. The molecule has 7 heteroatoms. The smallest absolute Gasteiger partial charge is 0.321 e. The van der Waals surface area contributed by atoms with Gasteiger partial charge in [-0.15, -0.1) is 0 Å². The number of ether oxygens (including phenoxy) is 1. The number of likely N-dealkylation sites (tertiary alicyclic amines) is 1. The van der Waals surface area contributed by atoms with E-state index in [9.17, 15) is 9.59 Å². The molecular weight excluding hydrogens is 334 g/mol. The maximum Gasteiger partial charge on any atom is 0.321 e. The average Bonchev–Trinajstić information content (AvgIpc) is 2.68. The Labute approximate surface area is 151 Å². The number of aromatic nitrogens is 1. The van der Waals surface area contributed by atoms with E-state index in [1.54, 1.807) is 41.6 Å². The lowest BCUT2D eigenvalue weighted by molar-refractivity contribution is -0.143. The van der Waals surface area contributed by atoms with Crippen LogP contribution in [0.3, 0.4) is 0 Å². The van der Waals surface area contributed by atoms with E-state index in [-0.39, 0.29) is 12.6 Å². The molecule has 1 aliphatic heterocycles. The Bertz CT molecular complexity index is 749. The minimum Gasteiger partial charge on any atom is -0.489 e. The number of nitrogens with zero attached hydrogens (tertiary/aromatic N) is 2. The summed E-state index contributed by atoms with van der Waals surface area (Å²) in [5, 5.41) is 11.9. The van der Waals surface area contributed by atoms with Crippen LogP contribution in [0.4, 0.5) is 10.5 Å². The predicted molar refractivity (Wildman–Crippen MR) is 96.0 cm³/mol. The molecule has 2 heterocycles. The summed E-state index contributed by atoms with van der Waals surface area (Å²) in [7, 11) is 0. The standard InChI is InChI=1S/C19H21N3O4/c23-18(24)15-2-1-11-22(12-15)19(25)21-16-3-5-17(6-4-16)26-13-14-7-9-20-10-8-14/h3-10,15H,1-2,11-13H2,(H,21,25)(H,23,24). The van der Waals surface area contributed by atoms with E-state index in [0.717, 1.165) is 5.56 Å². The Kier molecular flexibility index (Phi) is 5.68. The Morgan fingerprint density at radius 3 is 2.62 bits per heavy atom. The fourth-order valence-electron chi connectivity index (χ4n) is 2.85. The molecule has 1 aromatic heterocycles. The molecular formula is C19H21N3O4. The molecule has 0 bridgehead atoms. The molecule has 1 aliphatic rings. The number of carbonyl (C=O) groups is 2. The van der Waals surface area contributed by atoms with E-state index in [1.165, 1.54) is 0 Å². The van der Waals surface area contributed by atoms with Crippen LogP contribution in [0.15, 0.2) is 48.8 Å². The molecule has 1 atom stereocenters. The Morgan fingerprint density at radius 2 is 1.92 bits per heavy atom. The number of anilines is 1. The number of benzene rings is 1. The van der Waals surface area contributed by atoms with Crippen LogP contribution in [0.25, 0.3) is 0 Å². The minimum atomic E-state index is -0.849. The first-order chi connectivity index (χ1) is 12.6. The van der Waals surface area contributed by atoms with Gasteiger partial charge >= 0.3 is 12.0 Å². The van der Waals surface area contributed by atoms with Crippen LogP contribution in [0.2, 0.25) is 0 Å². The van der Waals surface area contributed by atoms with Crippen LogP contribution in [0.1, 0.15) is 18.4 Å². The molecule has 26 heavy (non-hydrogen) atoms. The topological polar surface area (TPSA) is 91.8 Å². The van der Waals surface area contributed by atoms with Gasteiger partial charge in [0, 0.05) is 31.2 Å². The molecule has 2 amide bonds. The number of urea groups is 1. The summed E-state index contributed by atoms with van der Waals surface area (Å²) in [6, 6.07) is 10.6. The molecule has 0 saturated carbocycles. The molecule has 2 N–H and O–H groups in total. The molecule has 7 nitrogen and oxygen atoms in total. The van der Waals surface area contributed by atoms with Crippen molar-refractivity contribution in [3.8, 4) is 5.75 Å². The van der Waals surface area contributed by atoms with Crippen LogP contribution < -0.4 is 10.1 Å². The number of nitrogens with one attached hydrogen (secondary N) is 1. The van der Waals surface area contributed by atoms with E-state index in [4.69, 9.17) is 9.84 Å². The van der Waals surface area contributed by atoms with Gasteiger partial charge in [0.2, 0.25) is 0 Å². The molecule has 1 unspecified atom stereocenters. The number of carboxylic acids is 1. The second-order valence-electron chi connectivity index (χ2n) is 6.22. The first-order valence-electron chi connectivity index (χ1n) is 8.52. The van der Waals surface area contributed by atoms with Crippen molar-refractivity contribution in [2.24, 2.45) is 5.92 Å². The monoisotopic (exact) mass is 355 g/mol. The Balaban J connectivity index is 1.52. The third-order valence-corrected chi connectivity index (χ3v) is 4.32. The van der Waals surface area contributed by atoms with Gasteiger partial charge in [-0.3, -0.25) is 9.78 Å². The zero-order chi connectivity index (χ0) is 18.4. The van der Waals surface area contributed by atoms with Crippen molar-refractivity contribution in [2.45, 2.75) is 19.4 Å². The van der Waals surface area contributed by atoms with Gasteiger partial charge in [-0.25, -0.2) is 4.79 Å². The second kappa shape index (κ2) is 8.33. The van der Waals surface area contributed by atoms with Crippen LogP contribution in [-0.4, -0.2) is 40.1 Å². The third-order valence-electron chi connectivity index (χ3n) is 4.32. The van der Waals surface area contributed by atoms with Crippen molar-refractivity contribution in [1.82, 2.24) is 9.88 Å². The summed E-state index contributed by atoms with van der Waals surface area (Å²) in [6.45, 7) is 1.26. The summed E-state index contributed by atoms with van der Waals surface area (Å²) in [6.07, 6.45) is 4.74. The zero-order valence-electron chi connectivity index (χ0n) is 14.3. The maximum atomic E-state index is 12.3. The molecule has 2 aromatic rings. The van der Waals surface area contributed by atoms with Gasteiger partial charge in [0.1, 0.15) is 12.4 Å². The number of carboxylic acid groups (broad SMARTS) is 1. The van der Waals surface area contributed by atoms with Gasteiger partial charge in [0.15, 0.2) is 0 Å². The molecule has 136 valence electrons. The van der Waals surface area contributed by atoms with Gasteiger partial charge < -0.3 is 20.1 Å². The summed E-state index contributed by atoms with van der Waals surface area (Å²) in [4.78, 5) is 28.9. The van der Waals surface area contributed by atoms with Crippen LogP contribution in [-0.2, 0) is 11.4 Å². The first kappa shape index (κ1) is 17.7. The van der Waals surface area contributed by atoms with Gasteiger partial charge in [0.05, 0.1) is 5.92 Å². The number of amides is 2. The average molecular weight is 355 g/mol. The molecule has 1 aromatic carbocycles. The molecule has 1 saturated heterocycles. The van der Waals surface area contributed by atoms with Crippen molar-refractivity contribution in [3.63, 3.8) is 0 Å². The number of piperidine rings is 1. The Morgan fingerprint density at radius 1 is 1.19 bits per heavy atom. The lowest BCUT2D eigenvalue weighted by Gasteiger charge is -2.30. The van der Waals surface area contributed by atoms with E-state index < -0.39 is 11.9 Å². The van der Waals surface area contributed by atoms with Crippen molar-refractivity contribution in [1.29, 1.82) is 0 Å². The van der Waals surface area contributed by atoms with Gasteiger partial charge in [-0.1, -0.05) is 0 Å². The first-order valence-corrected chi connectivity index (χ1v) is 8.52. The van der Waals surface area contributed by atoms with Crippen LogP contribution in [0, 0.1) is 5.92 Å². The largest absolute Gasteiger partial charge is 0.489 e.